The molecule has 1 aromatic rings. The van der Waals surface area contributed by atoms with E-state index in [4.69, 9.17) is 10.7 Å². The number of nitrogens with two attached hydrogens (primary N) is 1. The number of ketones is 1. The van der Waals surface area contributed by atoms with E-state index in [9.17, 15) is 9.59 Å². The maximum Gasteiger partial charge on any atom is 0.242 e. The van der Waals surface area contributed by atoms with Crippen LogP contribution in [-0.2, 0) is 9.59 Å². The van der Waals surface area contributed by atoms with Gasteiger partial charge in [0, 0.05) is 11.8 Å². The summed E-state index contributed by atoms with van der Waals surface area (Å²) in [5.41, 5.74) is 6.70. The standard InChI is InChI=1S/C23H26N4O2/c1-22(12-8-5-11-18(22)28)20-16-9-3-4-10-17(16)25-15-19(26-20)27-21(29)23(24)13-6-2-7-14-23/h3-5,8-12,15,19H,2,6-7,13-14,24H2,1H3,(H,27,29)/t19-,22?/m1/s1. The molecule has 3 N–H and O–H groups in total. The number of fused-ring (bicyclic) bond motifs is 1. The first-order chi connectivity index (χ1) is 13.9. The molecule has 0 radical (unpaired) electrons. The molecule has 0 bridgehead atoms. The molecule has 6 nitrogen and oxygen atoms in total. The molecule has 1 aliphatic heterocycles. The Balaban J connectivity index is 1.71. The first-order valence-electron chi connectivity index (χ1n) is 10.1. The van der Waals surface area contributed by atoms with E-state index in [1.54, 1.807) is 18.4 Å². The number of hydrogen-bond acceptors (Lipinski definition) is 5. The van der Waals surface area contributed by atoms with Crippen LogP contribution in [0.2, 0.25) is 0 Å². The normalized spacial score (nSPS) is 27.7. The molecule has 4 rings (SSSR count). The summed E-state index contributed by atoms with van der Waals surface area (Å²) in [5.74, 6) is -0.263. The second-order valence-corrected chi connectivity index (χ2v) is 8.19. The number of benzene rings is 1. The minimum absolute atomic E-state index is 0.0527. The Morgan fingerprint density at radius 1 is 1.17 bits per heavy atom. The lowest BCUT2D eigenvalue weighted by molar-refractivity contribution is -0.127. The summed E-state index contributed by atoms with van der Waals surface area (Å²) in [4.78, 5) is 35.1. The molecule has 6 heteroatoms. The lowest BCUT2D eigenvalue weighted by Gasteiger charge is -2.33. The highest BCUT2D eigenvalue weighted by molar-refractivity contribution is 6.24. The van der Waals surface area contributed by atoms with Gasteiger partial charge in [0.2, 0.25) is 5.91 Å². The third-order valence-corrected chi connectivity index (χ3v) is 6.05. The summed E-state index contributed by atoms with van der Waals surface area (Å²) in [7, 11) is 0. The van der Waals surface area contributed by atoms with Gasteiger partial charge >= 0.3 is 0 Å². The number of carbonyl (C=O) groups excluding carboxylic acids is 2. The fourth-order valence-electron chi connectivity index (χ4n) is 4.19. The number of carbonyl (C=O) groups is 2. The van der Waals surface area contributed by atoms with Crippen molar-refractivity contribution in [3.05, 3.63) is 54.1 Å². The Bertz CT molecular complexity index is 953. The van der Waals surface area contributed by atoms with Crippen molar-refractivity contribution in [2.75, 3.05) is 0 Å². The molecule has 3 aliphatic rings. The SMILES string of the molecule is CC1(C2=N[C@H](NC(=O)C3(N)CCCCC3)C=Nc3ccccc32)C=CC=CC1=O. The maximum atomic E-state index is 12.9. The van der Waals surface area contributed by atoms with Crippen LogP contribution in [0.4, 0.5) is 5.69 Å². The summed E-state index contributed by atoms with van der Waals surface area (Å²) in [5, 5.41) is 2.95. The molecule has 2 atom stereocenters. The molecule has 1 fully saturated rings. The maximum absolute atomic E-state index is 12.9. The summed E-state index contributed by atoms with van der Waals surface area (Å²) >= 11 is 0. The predicted molar refractivity (Wildman–Crippen MR) is 114 cm³/mol. The first kappa shape index (κ1) is 19.5. The summed E-state index contributed by atoms with van der Waals surface area (Å²) < 4.78 is 0. The second-order valence-electron chi connectivity index (χ2n) is 8.19. The monoisotopic (exact) mass is 390 g/mol. The van der Waals surface area contributed by atoms with Crippen LogP contribution in [0.5, 0.6) is 0 Å². The predicted octanol–water partition coefficient (Wildman–Crippen LogP) is 3.00. The van der Waals surface area contributed by atoms with Gasteiger partial charge < -0.3 is 11.1 Å². The third-order valence-electron chi connectivity index (χ3n) is 6.05. The van der Waals surface area contributed by atoms with Gasteiger partial charge in [-0.05, 0) is 31.9 Å². The minimum Gasteiger partial charge on any atom is -0.328 e. The second kappa shape index (κ2) is 7.52. The quantitative estimate of drug-likeness (QED) is 0.830. The topological polar surface area (TPSA) is 96.9 Å². The van der Waals surface area contributed by atoms with Gasteiger partial charge in [-0.15, -0.1) is 0 Å². The Morgan fingerprint density at radius 3 is 2.69 bits per heavy atom. The largest absolute Gasteiger partial charge is 0.328 e. The van der Waals surface area contributed by atoms with Crippen LogP contribution in [0, 0.1) is 5.41 Å². The van der Waals surface area contributed by atoms with Crippen molar-refractivity contribution in [3.63, 3.8) is 0 Å². The highest BCUT2D eigenvalue weighted by atomic mass is 16.2. The molecular weight excluding hydrogens is 364 g/mol. The number of amides is 1. The van der Waals surface area contributed by atoms with E-state index in [-0.39, 0.29) is 11.7 Å². The van der Waals surface area contributed by atoms with Crippen molar-refractivity contribution in [3.8, 4) is 0 Å². The van der Waals surface area contributed by atoms with Crippen molar-refractivity contribution in [2.45, 2.75) is 50.7 Å². The Labute approximate surface area is 170 Å². The molecule has 150 valence electrons. The first-order valence-corrected chi connectivity index (χ1v) is 10.1. The molecule has 0 aromatic heterocycles. The van der Waals surface area contributed by atoms with Crippen LogP contribution in [0.3, 0.4) is 0 Å². The van der Waals surface area contributed by atoms with E-state index in [0.717, 1.165) is 30.5 Å². The molecule has 1 saturated carbocycles. The van der Waals surface area contributed by atoms with Gasteiger partial charge in [0.15, 0.2) is 11.9 Å². The Kier molecular flexibility index (Phi) is 5.04. The average Bonchev–Trinajstić information content (AvgIpc) is 2.91. The molecule has 1 aromatic carbocycles. The summed E-state index contributed by atoms with van der Waals surface area (Å²) in [6.07, 6.45) is 12.3. The van der Waals surface area contributed by atoms with Crippen LogP contribution in [-0.4, -0.2) is 35.3 Å². The number of hydrogen-bond donors (Lipinski definition) is 2. The zero-order valence-corrected chi connectivity index (χ0v) is 16.6. The third kappa shape index (κ3) is 3.60. The van der Waals surface area contributed by atoms with Gasteiger partial charge in [0.05, 0.1) is 22.4 Å². The van der Waals surface area contributed by atoms with Crippen molar-refractivity contribution < 1.29 is 9.59 Å². The number of para-hydroxylation sites is 1. The highest BCUT2D eigenvalue weighted by Crippen LogP contribution is 2.35. The minimum atomic E-state index is -0.924. The molecule has 2 aliphatic carbocycles. The van der Waals surface area contributed by atoms with Crippen LogP contribution < -0.4 is 11.1 Å². The van der Waals surface area contributed by atoms with Gasteiger partial charge in [0.25, 0.3) is 0 Å². The van der Waals surface area contributed by atoms with Crippen molar-refractivity contribution in [1.29, 1.82) is 0 Å². The van der Waals surface area contributed by atoms with Crippen LogP contribution in [0.15, 0.2) is 58.6 Å². The van der Waals surface area contributed by atoms with E-state index in [1.807, 2.05) is 43.3 Å². The molecule has 29 heavy (non-hydrogen) atoms. The fourth-order valence-corrected chi connectivity index (χ4v) is 4.19. The lowest BCUT2D eigenvalue weighted by atomic mass is 9.75. The Hall–Kier alpha value is -2.86. The van der Waals surface area contributed by atoms with Crippen LogP contribution in [0.25, 0.3) is 0 Å². The van der Waals surface area contributed by atoms with Gasteiger partial charge in [-0.1, -0.05) is 55.7 Å². The van der Waals surface area contributed by atoms with Gasteiger partial charge in [-0.25, -0.2) is 0 Å². The summed E-state index contributed by atoms with van der Waals surface area (Å²) in [6.45, 7) is 1.85. The van der Waals surface area contributed by atoms with E-state index >= 15 is 0 Å². The average molecular weight is 390 g/mol. The number of aliphatic imine (C=N–C) groups is 2. The molecule has 0 saturated heterocycles. The molecule has 1 unspecified atom stereocenters. The zero-order chi connectivity index (χ0) is 20.5. The van der Waals surface area contributed by atoms with E-state index < -0.39 is 17.1 Å². The van der Waals surface area contributed by atoms with Crippen molar-refractivity contribution in [2.24, 2.45) is 21.1 Å². The van der Waals surface area contributed by atoms with Gasteiger partial charge in [-0.2, -0.15) is 0 Å². The molecular formula is C23H26N4O2. The Morgan fingerprint density at radius 2 is 1.93 bits per heavy atom. The fraction of sp³-hybridized carbons (Fsp3) is 0.391. The molecule has 1 amide bonds. The van der Waals surface area contributed by atoms with E-state index in [1.165, 1.54) is 0 Å². The smallest absolute Gasteiger partial charge is 0.242 e. The zero-order valence-electron chi connectivity index (χ0n) is 16.6. The van der Waals surface area contributed by atoms with Crippen molar-refractivity contribution >= 4 is 29.3 Å². The van der Waals surface area contributed by atoms with E-state index in [0.29, 0.717) is 18.6 Å². The highest BCUT2D eigenvalue weighted by Gasteiger charge is 2.40. The van der Waals surface area contributed by atoms with Crippen molar-refractivity contribution in [1.82, 2.24) is 5.32 Å². The summed E-state index contributed by atoms with van der Waals surface area (Å²) in [6, 6.07) is 7.58. The number of nitrogens with one attached hydrogen (secondary N) is 1. The van der Waals surface area contributed by atoms with E-state index in [2.05, 4.69) is 10.3 Å². The van der Waals surface area contributed by atoms with Crippen LogP contribution >= 0.6 is 0 Å². The number of allylic oxidation sites excluding steroid dienone is 4. The van der Waals surface area contributed by atoms with Crippen LogP contribution in [0.1, 0.15) is 44.6 Å². The van der Waals surface area contributed by atoms with Gasteiger partial charge in [-0.3, -0.25) is 19.6 Å². The lowest BCUT2D eigenvalue weighted by Crippen LogP contribution is -2.57. The molecule has 0 spiro atoms. The molecule has 1 heterocycles. The number of nitrogens with zero attached hydrogens (tertiary/aromatic N) is 2. The van der Waals surface area contributed by atoms with Gasteiger partial charge in [0.1, 0.15) is 0 Å². The number of rotatable bonds is 3.